The maximum absolute atomic E-state index is 5.83. The summed E-state index contributed by atoms with van der Waals surface area (Å²) in [6, 6.07) is 15.0. The fourth-order valence-electron chi connectivity index (χ4n) is 2.75. The number of nitrogens with zero attached hydrogens (tertiary/aromatic N) is 2. The highest BCUT2D eigenvalue weighted by Gasteiger charge is 2.09. The molecule has 3 heteroatoms. The Morgan fingerprint density at radius 2 is 1.73 bits per heavy atom. The summed E-state index contributed by atoms with van der Waals surface area (Å²) in [7, 11) is 4.09. The summed E-state index contributed by atoms with van der Waals surface area (Å²) in [5.41, 5.74) is 11.5. The second kappa shape index (κ2) is 5.78. The van der Waals surface area contributed by atoms with Crippen molar-refractivity contribution in [3.05, 3.63) is 59.9 Å². The van der Waals surface area contributed by atoms with Crippen LogP contribution in [-0.2, 0) is 6.54 Å². The average molecular weight is 291 g/mol. The Labute approximate surface area is 131 Å². The molecule has 0 aliphatic carbocycles. The topological polar surface area (TPSA) is 42.1 Å². The van der Waals surface area contributed by atoms with Crippen LogP contribution < -0.4 is 10.6 Å². The van der Waals surface area contributed by atoms with Gasteiger partial charge in [0.1, 0.15) is 0 Å². The monoisotopic (exact) mass is 291 g/mol. The predicted molar refractivity (Wildman–Crippen MR) is 94.1 cm³/mol. The zero-order valence-electron chi connectivity index (χ0n) is 13.3. The first kappa shape index (κ1) is 14.5. The van der Waals surface area contributed by atoms with Crippen LogP contribution in [0.1, 0.15) is 11.3 Å². The van der Waals surface area contributed by atoms with E-state index in [-0.39, 0.29) is 0 Å². The molecule has 112 valence electrons. The van der Waals surface area contributed by atoms with Crippen molar-refractivity contribution in [1.82, 2.24) is 4.98 Å². The van der Waals surface area contributed by atoms with E-state index < -0.39 is 0 Å². The number of anilines is 1. The van der Waals surface area contributed by atoms with Gasteiger partial charge in [0, 0.05) is 43.5 Å². The first-order chi connectivity index (χ1) is 10.6. The van der Waals surface area contributed by atoms with Gasteiger partial charge in [0.25, 0.3) is 0 Å². The molecule has 0 unspecified atom stereocenters. The molecule has 0 fully saturated rings. The van der Waals surface area contributed by atoms with Gasteiger partial charge in [-0.2, -0.15) is 0 Å². The summed E-state index contributed by atoms with van der Waals surface area (Å²) in [6.45, 7) is 2.57. The van der Waals surface area contributed by atoms with Gasteiger partial charge in [-0.1, -0.05) is 35.9 Å². The Kier molecular flexibility index (Phi) is 3.82. The molecule has 0 saturated heterocycles. The smallest absolute Gasteiger partial charge is 0.0618 e. The van der Waals surface area contributed by atoms with Gasteiger partial charge in [0.05, 0.1) is 5.69 Å². The molecule has 0 amide bonds. The molecule has 3 aromatic rings. The number of aromatic nitrogens is 1. The van der Waals surface area contributed by atoms with Crippen LogP contribution in [0.15, 0.2) is 48.7 Å². The maximum Gasteiger partial charge on any atom is 0.0618 e. The van der Waals surface area contributed by atoms with Crippen molar-refractivity contribution in [3.8, 4) is 11.1 Å². The van der Waals surface area contributed by atoms with E-state index in [1.807, 2.05) is 20.3 Å². The number of hydrogen-bond acceptors (Lipinski definition) is 3. The van der Waals surface area contributed by atoms with Gasteiger partial charge in [-0.3, -0.25) is 4.98 Å². The van der Waals surface area contributed by atoms with E-state index in [1.165, 1.54) is 22.2 Å². The minimum atomic E-state index is 0.458. The lowest BCUT2D eigenvalue weighted by molar-refractivity contribution is 1.01. The fourth-order valence-corrected chi connectivity index (χ4v) is 2.75. The van der Waals surface area contributed by atoms with Crippen molar-refractivity contribution in [1.29, 1.82) is 0 Å². The standard InChI is InChI=1S/C19H21N3/c1-13-4-9-16-17(10-13)18(12-21-19(16)11-20)14-5-7-15(8-6-14)22(2)3/h4-10,12H,11,20H2,1-3H3. The Balaban J connectivity index is 2.20. The third kappa shape index (κ3) is 2.55. The van der Waals surface area contributed by atoms with Crippen molar-refractivity contribution in [3.63, 3.8) is 0 Å². The minimum absolute atomic E-state index is 0.458. The highest BCUT2D eigenvalue weighted by Crippen LogP contribution is 2.31. The Hall–Kier alpha value is -2.39. The molecule has 0 spiro atoms. The van der Waals surface area contributed by atoms with Crippen molar-refractivity contribution < 1.29 is 0 Å². The fraction of sp³-hybridized carbons (Fsp3) is 0.211. The molecule has 0 aliphatic heterocycles. The zero-order chi connectivity index (χ0) is 15.7. The number of nitrogens with two attached hydrogens (primary N) is 1. The van der Waals surface area contributed by atoms with Crippen molar-refractivity contribution >= 4 is 16.5 Å². The molecule has 22 heavy (non-hydrogen) atoms. The molecule has 2 N–H and O–H groups in total. The van der Waals surface area contributed by atoms with Crippen LogP contribution in [0.3, 0.4) is 0 Å². The third-order valence-electron chi connectivity index (χ3n) is 4.01. The van der Waals surface area contributed by atoms with Crippen LogP contribution in [0, 0.1) is 6.92 Å². The molecule has 0 radical (unpaired) electrons. The van der Waals surface area contributed by atoms with Crippen molar-refractivity contribution in [2.45, 2.75) is 13.5 Å². The van der Waals surface area contributed by atoms with Crippen LogP contribution >= 0.6 is 0 Å². The van der Waals surface area contributed by atoms with Crippen LogP contribution in [0.5, 0.6) is 0 Å². The summed E-state index contributed by atoms with van der Waals surface area (Å²) in [5.74, 6) is 0. The Morgan fingerprint density at radius 1 is 1.00 bits per heavy atom. The SMILES string of the molecule is Cc1ccc2c(CN)ncc(-c3ccc(N(C)C)cc3)c2c1. The molecule has 1 heterocycles. The van der Waals surface area contributed by atoms with E-state index in [0.29, 0.717) is 6.54 Å². The lowest BCUT2D eigenvalue weighted by Gasteiger charge is -2.14. The van der Waals surface area contributed by atoms with E-state index >= 15 is 0 Å². The number of fused-ring (bicyclic) bond motifs is 1. The van der Waals surface area contributed by atoms with E-state index in [1.54, 1.807) is 0 Å². The Bertz CT molecular complexity index is 805. The number of aryl methyl sites for hydroxylation is 1. The van der Waals surface area contributed by atoms with Crippen LogP contribution in [0.4, 0.5) is 5.69 Å². The van der Waals surface area contributed by atoms with Crippen LogP contribution in [0.25, 0.3) is 21.9 Å². The van der Waals surface area contributed by atoms with Gasteiger partial charge in [-0.15, -0.1) is 0 Å². The molecule has 1 aromatic heterocycles. The number of rotatable bonds is 3. The first-order valence-corrected chi connectivity index (χ1v) is 7.46. The molecule has 0 atom stereocenters. The van der Waals surface area contributed by atoms with Crippen LogP contribution in [-0.4, -0.2) is 19.1 Å². The van der Waals surface area contributed by atoms with Crippen molar-refractivity contribution in [2.24, 2.45) is 5.73 Å². The highest BCUT2D eigenvalue weighted by molar-refractivity contribution is 5.98. The van der Waals surface area contributed by atoms with Gasteiger partial charge < -0.3 is 10.6 Å². The van der Waals surface area contributed by atoms with Gasteiger partial charge in [-0.05, 0) is 30.0 Å². The van der Waals surface area contributed by atoms with Gasteiger partial charge >= 0.3 is 0 Å². The summed E-state index contributed by atoms with van der Waals surface area (Å²) in [4.78, 5) is 6.65. The van der Waals surface area contributed by atoms with E-state index in [9.17, 15) is 0 Å². The van der Waals surface area contributed by atoms with Crippen LogP contribution in [0.2, 0.25) is 0 Å². The second-order valence-corrected chi connectivity index (χ2v) is 5.81. The summed E-state index contributed by atoms with van der Waals surface area (Å²) in [5, 5.41) is 2.36. The molecule has 3 rings (SSSR count). The summed E-state index contributed by atoms with van der Waals surface area (Å²) >= 11 is 0. The normalized spacial score (nSPS) is 10.9. The number of hydrogen-bond donors (Lipinski definition) is 1. The second-order valence-electron chi connectivity index (χ2n) is 5.81. The lowest BCUT2D eigenvalue weighted by atomic mass is 9.97. The Morgan fingerprint density at radius 3 is 2.36 bits per heavy atom. The van der Waals surface area contributed by atoms with Gasteiger partial charge in [0.15, 0.2) is 0 Å². The van der Waals surface area contributed by atoms with E-state index in [0.717, 1.165) is 16.6 Å². The molecule has 0 bridgehead atoms. The molecule has 0 saturated carbocycles. The lowest BCUT2D eigenvalue weighted by Crippen LogP contribution is -2.08. The molecule has 3 nitrogen and oxygen atoms in total. The maximum atomic E-state index is 5.83. The van der Waals surface area contributed by atoms with E-state index in [4.69, 9.17) is 5.73 Å². The average Bonchev–Trinajstić information content (AvgIpc) is 2.53. The minimum Gasteiger partial charge on any atom is -0.378 e. The van der Waals surface area contributed by atoms with Crippen molar-refractivity contribution in [2.75, 3.05) is 19.0 Å². The molecular formula is C19H21N3. The predicted octanol–water partition coefficient (Wildman–Crippen LogP) is 3.73. The third-order valence-corrected chi connectivity index (χ3v) is 4.01. The molecule has 2 aromatic carbocycles. The quantitative estimate of drug-likeness (QED) is 0.799. The summed E-state index contributed by atoms with van der Waals surface area (Å²) < 4.78 is 0. The number of benzene rings is 2. The highest BCUT2D eigenvalue weighted by atomic mass is 15.1. The first-order valence-electron chi connectivity index (χ1n) is 7.46. The van der Waals surface area contributed by atoms with Gasteiger partial charge in [0.2, 0.25) is 0 Å². The molecule has 0 aliphatic rings. The summed E-state index contributed by atoms with van der Waals surface area (Å²) in [6.07, 6.45) is 1.94. The van der Waals surface area contributed by atoms with E-state index in [2.05, 4.69) is 59.3 Å². The zero-order valence-corrected chi connectivity index (χ0v) is 13.3. The molecular weight excluding hydrogens is 270 g/mol. The number of pyridine rings is 1. The largest absolute Gasteiger partial charge is 0.378 e. The van der Waals surface area contributed by atoms with Gasteiger partial charge in [-0.25, -0.2) is 0 Å².